The molecule has 0 atom stereocenters. The molecule has 0 aliphatic rings. The molecule has 0 aromatic heterocycles. The van der Waals surface area contributed by atoms with Crippen LogP contribution in [0.2, 0.25) is 0 Å². The third-order valence-electron chi connectivity index (χ3n) is 0.412. The maximum absolute atomic E-state index is 10.3. The van der Waals surface area contributed by atoms with Gasteiger partial charge in [-0.15, -0.1) is 0 Å². The first kappa shape index (κ1) is 6.92. The number of hydrogen-bond donors (Lipinski definition) is 0. The standard InChI is InChI=1S/C3H5Br2O/c1-2-3(4,5)6/h2H2,1H3. The Morgan fingerprint density at radius 3 is 1.83 bits per heavy atom. The molecule has 6 heavy (non-hydrogen) atoms. The zero-order chi connectivity index (χ0) is 5.21. The summed E-state index contributed by atoms with van der Waals surface area (Å²) < 4.78 is -1.08. The summed E-state index contributed by atoms with van der Waals surface area (Å²) in [6.07, 6.45) is 0.549. The van der Waals surface area contributed by atoms with E-state index in [4.69, 9.17) is 0 Å². The third-order valence-corrected chi connectivity index (χ3v) is 1.53. The Balaban J connectivity index is 3.17. The van der Waals surface area contributed by atoms with Gasteiger partial charge in [-0.2, -0.15) is 0 Å². The first-order valence-electron chi connectivity index (χ1n) is 1.64. The second-order valence-corrected chi connectivity index (χ2v) is 4.62. The Kier molecular flexibility index (Phi) is 2.63. The molecular weight excluding hydrogens is 212 g/mol. The van der Waals surface area contributed by atoms with Crippen LogP contribution in [0.25, 0.3) is 0 Å². The molecule has 0 unspecified atom stereocenters. The van der Waals surface area contributed by atoms with Crippen molar-refractivity contribution in [3.05, 3.63) is 0 Å². The van der Waals surface area contributed by atoms with E-state index in [9.17, 15) is 5.11 Å². The van der Waals surface area contributed by atoms with Crippen molar-refractivity contribution in [2.24, 2.45) is 0 Å². The molecule has 0 aliphatic carbocycles. The molecule has 0 aromatic carbocycles. The fraction of sp³-hybridized carbons (Fsp3) is 1.00. The lowest BCUT2D eigenvalue weighted by atomic mass is 10.5. The molecular formula is C3H5Br2O. The van der Waals surface area contributed by atoms with Crippen molar-refractivity contribution in [3.8, 4) is 0 Å². The number of alkyl halides is 2. The lowest BCUT2D eigenvalue weighted by molar-refractivity contribution is 0.144. The largest absolute Gasteiger partial charge is 0.211 e. The summed E-state index contributed by atoms with van der Waals surface area (Å²) in [6, 6.07) is 0. The van der Waals surface area contributed by atoms with Crippen molar-refractivity contribution < 1.29 is 5.11 Å². The Morgan fingerprint density at radius 2 is 1.83 bits per heavy atom. The van der Waals surface area contributed by atoms with Gasteiger partial charge in [-0.05, 0) is 38.3 Å². The molecule has 1 nitrogen and oxygen atoms in total. The SMILES string of the molecule is CCC([O])(Br)Br. The highest BCUT2D eigenvalue weighted by atomic mass is 79.9. The highest BCUT2D eigenvalue weighted by Crippen LogP contribution is 2.25. The number of rotatable bonds is 1. The van der Waals surface area contributed by atoms with Crippen LogP contribution in [0.5, 0.6) is 0 Å². The molecule has 0 saturated carbocycles. The summed E-state index contributed by atoms with van der Waals surface area (Å²) in [5.74, 6) is 0. The quantitative estimate of drug-likeness (QED) is 0.600. The molecule has 0 heterocycles. The first-order valence-corrected chi connectivity index (χ1v) is 3.23. The van der Waals surface area contributed by atoms with Crippen LogP contribution in [-0.2, 0) is 5.11 Å². The van der Waals surface area contributed by atoms with Crippen LogP contribution in [0.4, 0.5) is 0 Å². The predicted octanol–water partition coefficient (Wildman–Crippen LogP) is 2.27. The number of halogens is 2. The molecule has 0 bridgehead atoms. The van der Waals surface area contributed by atoms with Gasteiger partial charge in [0.15, 0.2) is 0 Å². The zero-order valence-corrected chi connectivity index (χ0v) is 6.54. The van der Waals surface area contributed by atoms with Crippen LogP contribution in [0.3, 0.4) is 0 Å². The van der Waals surface area contributed by atoms with E-state index in [-0.39, 0.29) is 0 Å². The summed E-state index contributed by atoms with van der Waals surface area (Å²) in [4.78, 5) is 0. The molecule has 0 rings (SSSR count). The Hall–Kier alpha value is 0.920. The van der Waals surface area contributed by atoms with Crippen LogP contribution < -0.4 is 0 Å². The molecule has 37 valence electrons. The van der Waals surface area contributed by atoms with Crippen molar-refractivity contribution >= 4 is 31.9 Å². The van der Waals surface area contributed by atoms with Crippen LogP contribution >= 0.6 is 31.9 Å². The molecule has 3 heteroatoms. The summed E-state index contributed by atoms with van der Waals surface area (Å²) in [6.45, 7) is 1.80. The van der Waals surface area contributed by atoms with Gasteiger partial charge in [0.25, 0.3) is 0 Å². The van der Waals surface area contributed by atoms with Gasteiger partial charge < -0.3 is 0 Å². The van der Waals surface area contributed by atoms with E-state index >= 15 is 0 Å². The lowest BCUT2D eigenvalue weighted by Gasteiger charge is -2.02. The van der Waals surface area contributed by atoms with E-state index in [0.29, 0.717) is 6.42 Å². The van der Waals surface area contributed by atoms with Crippen molar-refractivity contribution in [1.29, 1.82) is 0 Å². The number of hydrogen-bond acceptors (Lipinski definition) is 0. The molecule has 0 saturated heterocycles. The zero-order valence-electron chi connectivity index (χ0n) is 3.37. The van der Waals surface area contributed by atoms with Gasteiger partial charge in [0.1, 0.15) is 0 Å². The Labute approximate surface area is 54.0 Å². The minimum absolute atomic E-state index is 0.549. The van der Waals surface area contributed by atoms with E-state index in [0.717, 1.165) is 0 Å². The summed E-state index contributed by atoms with van der Waals surface area (Å²) in [5, 5.41) is 10.3. The smallest absolute Gasteiger partial charge is 0.204 e. The van der Waals surface area contributed by atoms with Gasteiger partial charge in [-0.3, -0.25) is 0 Å². The van der Waals surface area contributed by atoms with Gasteiger partial charge >= 0.3 is 0 Å². The van der Waals surface area contributed by atoms with Crippen LogP contribution in [0.1, 0.15) is 13.3 Å². The third kappa shape index (κ3) is 4.92. The fourth-order valence-electron chi connectivity index (χ4n) is 0. The summed E-state index contributed by atoms with van der Waals surface area (Å²) in [7, 11) is 0. The highest BCUT2D eigenvalue weighted by Gasteiger charge is 2.15. The average molecular weight is 217 g/mol. The molecule has 0 amide bonds. The van der Waals surface area contributed by atoms with E-state index < -0.39 is 3.42 Å². The van der Waals surface area contributed by atoms with E-state index in [2.05, 4.69) is 31.9 Å². The second-order valence-electron chi connectivity index (χ2n) is 0.991. The van der Waals surface area contributed by atoms with Gasteiger partial charge in [0, 0.05) is 0 Å². The average Bonchev–Trinajstić information content (AvgIpc) is 1.35. The highest BCUT2D eigenvalue weighted by molar-refractivity contribution is 9.25. The minimum atomic E-state index is -1.08. The monoisotopic (exact) mass is 215 g/mol. The van der Waals surface area contributed by atoms with Crippen LogP contribution in [0, 0.1) is 0 Å². The molecule has 0 aromatic rings. The molecule has 0 fully saturated rings. The first-order chi connectivity index (χ1) is 2.56. The van der Waals surface area contributed by atoms with Crippen LogP contribution in [0.15, 0.2) is 0 Å². The van der Waals surface area contributed by atoms with Crippen molar-refractivity contribution in [3.63, 3.8) is 0 Å². The van der Waals surface area contributed by atoms with Crippen molar-refractivity contribution in [2.45, 2.75) is 16.8 Å². The van der Waals surface area contributed by atoms with Gasteiger partial charge in [0.2, 0.25) is 3.42 Å². The van der Waals surface area contributed by atoms with Gasteiger partial charge in [0.05, 0.1) is 0 Å². The normalized spacial score (nSPS) is 12.0. The maximum atomic E-state index is 10.3. The molecule has 0 spiro atoms. The lowest BCUT2D eigenvalue weighted by Crippen LogP contribution is -2.02. The second kappa shape index (κ2) is 2.28. The maximum Gasteiger partial charge on any atom is 0.211 e. The topological polar surface area (TPSA) is 19.9 Å². The van der Waals surface area contributed by atoms with Gasteiger partial charge in [-0.25, -0.2) is 5.11 Å². The Bertz CT molecular complexity index is 38.5. The van der Waals surface area contributed by atoms with E-state index in [1.807, 2.05) is 0 Å². The molecule has 0 aliphatic heterocycles. The van der Waals surface area contributed by atoms with Gasteiger partial charge in [-0.1, -0.05) is 6.92 Å². The predicted molar refractivity (Wildman–Crippen MR) is 31.6 cm³/mol. The van der Waals surface area contributed by atoms with E-state index in [1.165, 1.54) is 0 Å². The van der Waals surface area contributed by atoms with Crippen LogP contribution in [-0.4, -0.2) is 3.42 Å². The fourth-order valence-corrected chi connectivity index (χ4v) is 0. The molecule has 0 N–H and O–H groups in total. The summed E-state index contributed by atoms with van der Waals surface area (Å²) in [5.41, 5.74) is 0. The van der Waals surface area contributed by atoms with Crippen molar-refractivity contribution in [1.82, 2.24) is 0 Å². The van der Waals surface area contributed by atoms with E-state index in [1.54, 1.807) is 6.92 Å². The molecule has 1 radical (unpaired) electrons. The van der Waals surface area contributed by atoms with Crippen molar-refractivity contribution in [2.75, 3.05) is 0 Å². The minimum Gasteiger partial charge on any atom is -0.204 e. The summed E-state index contributed by atoms with van der Waals surface area (Å²) >= 11 is 5.68. The Morgan fingerprint density at radius 1 is 1.67 bits per heavy atom.